The van der Waals surface area contributed by atoms with Crippen LogP contribution in [0.15, 0.2) is 36.9 Å². The van der Waals surface area contributed by atoms with E-state index in [1.54, 1.807) is 17.0 Å². The van der Waals surface area contributed by atoms with E-state index in [9.17, 15) is 4.79 Å². The van der Waals surface area contributed by atoms with Crippen LogP contribution in [0.2, 0.25) is 14.6 Å². The number of nitrogens with zero attached hydrogens (tertiary/aromatic N) is 2. The Balaban J connectivity index is 2.24. The smallest absolute Gasteiger partial charge is 0.254 e. The molecule has 2 heterocycles. The first kappa shape index (κ1) is 16.3. The molecule has 21 heavy (non-hydrogen) atoms. The van der Waals surface area contributed by atoms with Crippen molar-refractivity contribution < 1.29 is 4.79 Å². The average molecular weight is 362 g/mol. The summed E-state index contributed by atoms with van der Waals surface area (Å²) in [4.78, 5) is 19.0. The number of carbonyl (C=O) groups excluding carboxylic acids is 1. The lowest BCUT2D eigenvalue weighted by atomic mass is 10.2. The fraction of sp³-hybridized carbons (Fsp3) is 0.143. The molecule has 0 fully saturated rings. The van der Waals surface area contributed by atoms with Crippen LogP contribution >= 0.6 is 46.1 Å². The van der Waals surface area contributed by atoms with Gasteiger partial charge in [-0.3, -0.25) is 4.79 Å². The third-order valence-corrected chi connectivity index (χ3v) is 4.23. The molecule has 0 saturated carbocycles. The summed E-state index contributed by atoms with van der Waals surface area (Å²) in [6, 6.07) is 6.68. The second-order valence-electron chi connectivity index (χ2n) is 4.18. The number of amides is 1. The maximum absolute atomic E-state index is 12.6. The quantitative estimate of drug-likeness (QED) is 0.558. The van der Waals surface area contributed by atoms with E-state index in [1.807, 2.05) is 6.07 Å². The van der Waals surface area contributed by atoms with Crippen molar-refractivity contribution in [2.45, 2.75) is 6.54 Å². The number of pyridine rings is 1. The van der Waals surface area contributed by atoms with Gasteiger partial charge in [-0.1, -0.05) is 40.9 Å². The molecule has 0 N–H and O–H groups in total. The molecule has 0 aliphatic rings. The van der Waals surface area contributed by atoms with Gasteiger partial charge in [0, 0.05) is 17.0 Å². The number of rotatable bonds is 5. The van der Waals surface area contributed by atoms with Crippen LogP contribution in [0, 0.1) is 0 Å². The Morgan fingerprint density at radius 2 is 1.95 bits per heavy atom. The predicted octanol–water partition coefficient (Wildman–Crippen LogP) is 4.93. The summed E-state index contributed by atoms with van der Waals surface area (Å²) in [5.41, 5.74) is 0.393. The van der Waals surface area contributed by atoms with Gasteiger partial charge in [0.25, 0.3) is 5.91 Å². The van der Waals surface area contributed by atoms with Crippen molar-refractivity contribution in [2.24, 2.45) is 0 Å². The van der Waals surface area contributed by atoms with Gasteiger partial charge >= 0.3 is 0 Å². The van der Waals surface area contributed by atoms with Gasteiger partial charge in [-0.25, -0.2) is 4.98 Å². The van der Waals surface area contributed by atoms with E-state index in [4.69, 9.17) is 34.8 Å². The summed E-state index contributed by atoms with van der Waals surface area (Å²) in [7, 11) is 0. The largest absolute Gasteiger partial charge is 0.330 e. The Kier molecular flexibility index (Phi) is 5.65. The van der Waals surface area contributed by atoms with Crippen molar-refractivity contribution in [3.63, 3.8) is 0 Å². The molecular formula is C14H11Cl3N2OS. The Bertz CT molecular complexity index is 652. The van der Waals surface area contributed by atoms with Gasteiger partial charge in [0.05, 0.1) is 10.9 Å². The molecule has 0 aliphatic carbocycles. The van der Waals surface area contributed by atoms with Crippen molar-refractivity contribution in [3.8, 4) is 0 Å². The Morgan fingerprint density at radius 3 is 2.48 bits per heavy atom. The second kappa shape index (κ2) is 7.27. The van der Waals surface area contributed by atoms with Gasteiger partial charge in [-0.2, -0.15) is 0 Å². The molecule has 0 radical (unpaired) electrons. The van der Waals surface area contributed by atoms with E-state index in [-0.39, 0.29) is 16.2 Å². The number of halogens is 3. The number of hydrogen-bond acceptors (Lipinski definition) is 3. The van der Waals surface area contributed by atoms with E-state index in [2.05, 4.69) is 11.6 Å². The van der Waals surface area contributed by atoms with E-state index in [0.717, 1.165) is 4.88 Å². The first-order chi connectivity index (χ1) is 9.99. The monoisotopic (exact) mass is 360 g/mol. The van der Waals surface area contributed by atoms with Gasteiger partial charge in [0.2, 0.25) is 0 Å². The maximum atomic E-state index is 12.6. The van der Waals surface area contributed by atoms with E-state index >= 15 is 0 Å². The minimum atomic E-state index is -0.189. The topological polar surface area (TPSA) is 33.2 Å². The van der Waals surface area contributed by atoms with Gasteiger partial charge in [0.1, 0.15) is 10.3 Å². The maximum Gasteiger partial charge on any atom is 0.254 e. The SMILES string of the molecule is C=CCN(Cc1ccc(Cl)s1)C(=O)c1cc(Cl)nc(Cl)c1. The van der Waals surface area contributed by atoms with Gasteiger partial charge in [0.15, 0.2) is 0 Å². The molecule has 0 aromatic carbocycles. The fourth-order valence-electron chi connectivity index (χ4n) is 1.77. The van der Waals surface area contributed by atoms with Crippen LogP contribution in [0.4, 0.5) is 0 Å². The lowest BCUT2D eigenvalue weighted by Crippen LogP contribution is -2.30. The summed E-state index contributed by atoms with van der Waals surface area (Å²) >= 11 is 19.0. The fourth-order valence-corrected chi connectivity index (χ4v) is 3.33. The highest BCUT2D eigenvalue weighted by molar-refractivity contribution is 7.16. The molecule has 0 bridgehead atoms. The molecule has 110 valence electrons. The number of carbonyl (C=O) groups is 1. The molecule has 0 spiro atoms. The molecule has 1 amide bonds. The Morgan fingerprint density at radius 1 is 1.29 bits per heavy atom. The molecule has 0 atom stereocenters. The molecular weight excluding hydrogens is 351 g/mol. The molecule has 3 nitrogen and oxygen atoms in total. The first-order valence-electron chi connectivity index (χ1n) is 5.97. The number of thiophene rings is 1. The Hall–Kier alpha value is -1.07. The van der Waals surface area contributed by atoms with Gasteiger partial charge < -0.3 is 4.90 Å². The molecule has 7 heteroatoms. The zero-order valence-electron chi connectivity index (χ0n) is 10.9. The standard InChI is InChI=1S/C14H11Cl3N2OS/c1-2-5-19(8-10-3-4-13(17)21-10)14(20)9-6-11(15)18-12(16)7-9/h2-4,6-7H,1,5,8H2. The summed E-state index contributed by atoms with van der Waals surface area (Å²) < 4.78 is 0.686. The van der Waals surface area contributed by atoms with Crippen molar-refractivity contribution in [3.05, 3.63) is 62.0 Å². The van der Waals surface area contributed by atoms with Crippen LogP contribution in [0.3, 0.4) is 0 Å². The normalized spacial score (nSPS) is 10.4. The lowest BCUT2D eigenvalue weighted by molar-refractivity contribution is 0.0764. The highest BCUT2D eigenvalue weighted by atomic mass is 35.5. The minimum absolute atomic E-state index is 0.184. The third-order valence-electron chi connectivity index (χ3n) is 2.62. The van der Waals surface area contributed by atoms with Gasteiger partial charge in [-0.05, 0) is 24.3 Å². The molecule has 2 aromatic rings. The van der Waals surface area contributed by atoms with E-state index in [0.29, 0.717) is 23.0 Å². The van der Waals surface area contributed by atoms with Crippen LogP contribution in [0.1, 0.15) is 15.2 Å². The number of hydrogen-bond donors (Lipinski definition) is 0. The number of aromatic nitrogens is 1. The van der Waals surface area contributed by atoms with E-state index in [1.165, 1.54) is 23.5 Å². The third kappa shape index (κ3) is 4.45. The van der Waals surface area contributed by atoms with Crippen molar-refractivity contribution in [1.82, 2.24) is 9.88 Å². The van der Waals surface area contributed by atoms with Crippen LogP contribution in [-0.2, 0) is 6.54 Å². The zero-order valence-corrected chi connectivity index (χ0v) is 13.9. The van der Waals surface area contributed by atoms with E-state index < -0.39 is 0 Å². The second-order valence-corrected chi connectivity index (χ2v) is 6.76. The van der Waals surface area contributed by atoms with Crippen molar-refractivity contribution >= 4 is 52.0 Å². The Labute approximate surface area is 141 Å². The molecule has 0 saturated heterocycles. The summed E-state index contributed by atoms with van der Waals surface area (Å²) in [5.74, 6) is -0.189. The molecule has 0 unspecified atom stereocenters. The first-order valence-corrected chi connectivity index (χ1v) is 7.92. The summed E-state index contributed by atoms with van der Waals surface area (Å²) in [5, 5.41) is 0.368. The van der Waals surface area contributed by atoms with Crippen LogP contribution in [0.5, 0.6) is 0 Å². The molecule has 2 aromatic heterocycles. The molecule has 2 rings (SSSR count). The van der Waals surface area contributed by atoms with Crippen LogP contribution in [0.25, 0.3) is 0 Å². The van der Waals surface area contributed by atoms with Crippen molar-refractivity contribution in [2.75, 3.05) is 6.54 Å². The lowest BCUT2D eigenvalue weighted by Gasteiger charge is -2.20. The highest BCUT2D eigenvalue weighted by Crippen LogP contribution is 2.24. The average Bonchev–Trinajstić information content (AvgIpc) is 2.82. The van der Waals surface area contributed by atoms with Crippen LogP contribution < -0.4 is 0 Å². The summed E-state index contributed by atoms with van der Waals surface area (Å²) in [6.45, 7) is 4.53. The van der Waals surface area contributed by atoms with Gasteiger partial charge in [-0.15, -0.1) is 17.9 Å². The van der Waals surface area contributed by atoms with Crippen molar-refractivity contribution in [1.29, 1.82) is 0 Å². The minimum Gasteiger partial charge on any atom is -0.330 e. The zero-order chi connectivity index (χ0) is 15.4. The van der Waals surface area contributed by atoms with Crippen LogP contribution in [-0.4, -0.2) is 22.3 Å². The highest BCUT2D eigenvalue weighted by Gasteiger charge is 2.17. The summed E-state index contributed by atoms with van der Waals surface area (Å²) in [6.07, 6.45) is 1.66. The predicted molar refractivity (Wildman–Crippen MR) is 88.5 cm³/mol. The molecule has 0 aliphatic heterocycles.